The fourth-order valence-electron chi connectivity index (χ4n) is 0.808. The Morgan fingerprint density at radius 3 is 1.71 bits per heavy atom. The van der Waals surface area contributed by atoms with Gasteiger partial charge in [-0.2, -0.15) is 35.7 Å². The van der Waals surface area contributed by atoms with Crippen molar-refractivity contribution in [3.63, 3.8) is 0 Å². The number of alkyl halides is 7. The highest BCUT2D eigenvalue weighted by molar-refractivity contribution is 6.67. The second kappa shape index (κ2) is 2.72. The summed E-state index contributed by atoms with van der Waals surface area (Å²) in [6, 6.07) is -5.04. The predicted octanol–water partition coefficient (Wildman–Crippen LogP) is 2.60. The number of rotatable bonds is 0. The average molecular weight is 244 g/mol. The number of hydrogen-bond donors (Lipinski definition) is 0. The van der Waals surface area contributed by atoms with Gasteiger partial charge in [-0.1, -0.05) is 16.5 Å². The van der Waals surface area contributed by atoms with Crippen molar-refractivity contribution in [2.45, 2.75) is 18.5 Å². The van der Waals surface area contributed by atoms with Crippen LogP contribution in [0.5, 0.6) is 0 Å². The van der Waals surface area contributed by atoms with Crippen molar-refractivity contribution in [3.05, 3.63) is 0 Å². The molecule has 2 nitrogen and oxygen atoms in total. The summed E-state index contributed by atoms with van der Waals surface area (Å²) in [5.41, 5.74) is 0. The summed E-state index contributed by atoms with van der Waals surface area (Å²) in [5.74, 6) is 0. The van der Waals surface area contributed by atoms with Crippen LogP contribution in [0.3, 0.4) is 0 Å². The molecule has 0 N–H and O–H groups in total. The highest BCUT2D eigenvalue weighted by atomic mass is 35.5. The summed E-state index contributed by atoms with van der Waals surface area (Å²) in [4.78, 5) is -0.584. The van der Waals surface area contributed by atoms with Gasteiger partial charge < -0.3 is 0 Å². The van der Waals surface area contributed by atoms with Crippen molar-refractivity contribution in [2.75, 3.05) is 0 Å². The van der Waals surface area contributed by atoms with Crippen molar-refractivity contribution in [2.24, 2.45) is 4.99 Å². The smallest absolute Gasteiger partial charge is 0.185 e. The van der Waals surface area contributed by atoms with Gasteiger partial charge in [-0.3, -0.25) is 0 Å². The maximum Gasteiger partial charge on any atom is 0.471 e. The van der Waals surface area contributed by atoms with E-state index in [-0.39, 0.29) is 0 Å². The number of hydrogen-bond acceptors (Lipinski definition) is 2. The minimum Gasteiger partial charge on any atom is -0.185 e. The molecule has 0 aromatic carbocycles. The van der Waals surface area contributed by atoms with E-state index < -0.39 is 28.6 Å². The normalized spacial score (nSPS) is 26.4. The standard InChI is InChI=1S/C4ClF7N2/c5-1-2(6,7)14(3(8,9)10)4(11,12)13-1. The van der Waals surface area contributed by atoms with Crippen LogP contribution in [-0.4, -0.2) is 28.6 Å². The van der Waals surface area contributed by atoms with Crippen molar-refractivity contribution in [1.29, 1.82) is 0 Å². The first kappa shape index (κ1) is 11.5. The van der Waals surface area contributed by atoms with Crippen LogP contribution in [-0.2, 0) is 0 Å². The number of halogens is 8. The molecule has 1 aliphatic rings. The van der Waals surface area contributed by atoms with Crippen LogP contribution >= 0.6 is 11.6 Å². The van der Waals surface area contributed by atoms with Gasteiger partial charge in [-0.25, -0.2) is 0 Å². The van der Waals surface area contributed by atoms with E-state index in [1.807, 2.05) is 0 Å². The summed E-state index contributed by atoms with van der Waals surface area (Å²) >= 11 is 4.47. The van der Waals surface area contributed by atoms with Crippen LogP contribution in [0.1, 0.15) is 0 Å². The molecule has 0 amide bonds. The number of nitrogens with zero attached hydrogens (tertiary/aromatic N) is 2. The van der Waals surface area contributed by atoms with Crippen molar-refractivity contribution >= 4 is 16.8 Å². The third-order valence-corrected chi connectivity index (χ3v) is 1.60. The summed E-state index contributed by atoms with van der Waals surface area (Å²) in [5, 5.41) is -2.10. The first-order valence-corrected chi connectivity index (χ1v) is 3.26. The van der Waals surface area contributed by atoms with E-state index in [4.69, 9.17) is 0 Å². The fraction of sp³-hybridized carbons (Fsp3) is 0.750. The van der Waals surface area contributed by atoms with Gasteiger partial charge in [0.05, 0.1) is 0 Å². The molecule has 10 heteroatoms. The highest BCUT2D eigenvalue weighted by Crippen LogP contribution is 2.47. The van der Waals surface area contributed by atoms with E-state index in [1.54, 1.807) is 4.99 Å². The SMILES string of the molecule is FC(F)(F)N1C(F)(F)N=C(Cl)C1(F)F. The molecular weight excluding hydrogens is 244 g/mol. The molecule has 0 aliphatic carbocycles. The molecular formula is C4ClF7N2. The van der Waals surface area contributed by atoms with E-state index in [0.29, 0.717) is 0 Å². The van der Waals surface area contributed by atoms with Crippen LogP contribution in [0.25, 0.3) is 0 Å². The lowest BCUT2D eigenvalue weighted by Crippen LogP contribution is -2.56. The Kier molecular flexibility index (Phi) is 2.24. The van der Waals surface area contributed by atoms with Crippen LogP contribution in [0, 0.1) is 0 Å². The molecule has 0 atom stereocenters. The minimum atomic E-state index is -5.94. The maximum absolute atomic E-state index is 12.5. The zero-order chi connectivity index (χ0) is 11.4. The molecule has 0 saturated carbocycles. The molecule has 0 aromatic rings. The van der Waals surface area contributed by atoms with Gasteiger partial charge in [0.25, 0.3) is 0 Å². The fourth-order valence-corrected chi connectivity index (χ4v) is 0.995. The molecule has 0 radical (unpaired) electrons. The van der Waals surface area contributed by atoms with Gasteiger partial charge >= 0.3 is 18.5 Å². The first-order valence-electron chi connectivity index (χ1n) is 2.88. The number of aliphatic imine (C=N–C) groups is 1. The maximum atomic E-state index is 12.5. The van der Waals surface area contributed by atoms with Gasteiger partial charge in [-0.15, -0.1) is 0 Å². The lowest BCUT2D eigenvalue weighted by molar-refractivity contribution is -0.378. The Bertz CT molecular complexity index is 282. The van der Waals surface area contributed by atoms with E-state index in [9.17, 15) is 30.7 Å². The Labute approximate surface area is 76.9 Å². The van der Waals surface area contributed by atoms with E-state index >= 15 is 0 Å². The van der Waals surface area contributed by atoms with Crippen molar-refractivity contribution < 1.29 is 30.7 Å². The van der Waals surface area contributed by atoms with E-state index in [1.165, 1.54) is 0 Å². The monoisotopic (exact) mass is 244 g/mol. The average Bonchev–Trinajstić information content (AvgIpc) is 1.93. The molecule has 0 spiro atoms. The molecule has 1 aliphatic heterocycles. The van der Waals surface area contributed by atoms with Gasteiger partial charge in [0.1, 0.15) is 0 Å². The molecule has 14 heavy (non-hydrogen) atoms. The molecule has 1 rings (SSSR count). The molecule has 82 valence electrons. The Morgan fingerprint density at radius 1 is 1.14 bits per heavy atom. The van der Waals surface area contributed by atoms with Crippen molar-refractivity contribution in [3.8, 4) is 0 Å². The van der Waals surface area contributed by atoms with Crippen LogP contribution in [0.4, 0.5) is 30.7 Å². The minimum absolute atomic E-state index is 1.73. The largest absolute Gasteiger partial charge is 0.471 e. The molecule has 0 aromatic heterocycles. The molecule has 0 bridgehead atoms. The molecule has 0 unspecified atom stereocenters. The molecule has 0 saturated heterocycles. The summed E-state index contributed by atoms with van der Waals surface area (Å²) in [7, 11) is 0. The second-order valence-electron chi connectivity index (χ2n) is 2.26. The summed E-state index contributed by atoms with van der Waals surface area (Å²) < 4.78 is 84.8. The lowest BCUT2D eigenvalue weighted by atomic mass is 10.5. The quantitative estimate of drug-likeness (QED) is 0.472. The third kappa shape index (κ3) is 1.54. The Hall–Kier alpha value is -0.570. The third-order valence-electron chi connectivity index (χ3n) is 1.28. The lowest BCUT2D eigenvalue weighted by Gasteiger charge is -2.28. The second-order valence-corrected chi connectivity index (χ2v) is 2.61. The van der Waals surface area contributed by atoms with Crippen LogP contribution in [0.15, 0.2) is 4.99 Å². The summed E-state index contributed by atoms with van der Waals surface area (Å²) in [6.07, 6.45) is -11.0. The first-order chi connectivity index (χ1) is 5.99. The van der Waals surface area contributed by atoms with E-state index in [0.717, 1.165) is 0 Å². The Balaban J connectivity index is 3.20. The Morgan fingerprint density at radius 2 is 1.57 bits per heavy atom. The molecule has 0 fully saturated rings. The van der Waals surface area contributed by atoms with Crippen molar-refractivity contribution in [1.82, 2.24) is 4.90 Å². The topological polar surface area (TPSA) is 15.6 Å². The van der Waals surface area contributed by atoms with Crippen LogP contribution in [0.2, 0.25) is 0 Å². The van der Waals surface area contributed by atoms with Gasteiger partial charge in [0.2, 0.25) is 0 Å². The van der Waals surface area contributed by atoms with Gasteiger partial charge in [-0.05, 0) is 0 Å². The predicted molar refractivity (Wildman–Crippen MR) is 31.1 cm³/mol. The van der Waals surface area contributed by atoms with Gasteiger partial charge in [0, 0.05) is 0 Å². The zero-order valence-electron chi connectivity index (χ0n) is 5.92. The van der Waals surface area contributed by atoms with E-state index in [2.05, 4.69) is 11.6 Å². The highest BCUT2D eigenvalue weighted by Gasteiger charge is 2.71. The van der Waals surface area contributed by atoms with Crippen LogP contribution < -0.4 is 0 Å². The zero-order valence-corrected chi connectivity index (χ0v) is 6.67. The summed E-state index contributed by atoms with van der Waals surface area (Å²) in [6.45, 7) is 0. The molecule has 1 heterocycles. The van der Waals surface area contributed by atoms with Gasteiger partial charge in [0.15, 0.2) is 5.17 Å².